The van der Waals surface area contributed by atoms with Crippen molar-refractivity contribution in [2.75, 3.05) is 0 Å². The van der Waals surface area contributed by atoms with Crippen LogP contribution in [-0.4, -0.2) is 9.94 Å². The minimum atomic E-state index is -0.274. The van der Waals surface area contributed by atoms with Crippen molar-refractivity contribution in [3.63, 3.8) is 0 Å². The third-order valence-corrected chi connectivity index (χ3v) is 3.06. The molecule has 1 aromatic heterocycles. The van der Waals surface area contributed by atoms with Crippen LogP contribution in [0.15, 0.2) is 17.1 Å². The van der Waals surface area contributed by atoms with Crippen LogP contribution in [-0.2, 0) is 0 Å². The van der Waals surface area contributed by atoms with Crippen LogP contribution in [0.3, 0.4) is 0 Å². The van der Waals surface area contributed by atoms with Crippen molar-refractivity contribution in [2.45, 2.75) is 52.4 Å². The molecule has 0 bridgehead atoms. The molecule has 1 unspecified atom stereocenters. The molecule has 0 aliphatic carbocycles. The number of pyridine rings is 1. The molecule has 0 aliphatic heterocycles. The first kappa shape index (κ1) is 12.8. The Morgan fingerprint density at radius 2 is 2.12 bits per heavy atom. The molecule has 1 aromatic rings. The molecule has 0 radical (unpaired) electrons. The topological polar surface area (TPSA) is 42.2 Å². The highest BCUT2D eigenvalue weighted by Gasteiger charge is 2.14. The van der Waals surface area contributed by atoms with Gasteiger partial charge in [-0.05, 0) is 30.9 Å². The van der Waals surface area contributed by atoms with Crippen LogP contribution in [0.4, 0.5) is 0 Å². The third-order valence-electron chi connectivity index (χ3n) is 3.06. The SMILES string of the molecule is CCCCCC(C)c1c(C)ccn(O)c1=O. The maximum Gasteiger partial charge on any atom is 0.286 e. The average molecular weight is 223 g/mol. The number of aryl methyl sites for hydroxylation is 1. The first-order valence-electron chi connectivity index (χ1n) is 5.99. The fourth-order valence-corrected chi connectivity index (χ4v) is 2.08. The monoisotopic (exact) mass is 223 g/mol. The van der Waals surface area contributed by atoms with E-state index in [0.29, 0.717) is 4.73 Å². The molecule has 3 nitrogen and oxygen atoms in total. The maximum atomic E-state index is 11.8. The zero-order chi connectivity index (χ0) is 12.1. The highest BCUT2D eigenvalue weighted by Crippen LogP contribution is 2.21. The lowest BCUT2D eigenvalue weighted by Gasteiger charge is -2.13. The van der Waals surface area contributed by atoms with Gasteiger partial charge >= 0.3 is 0 Å². The van der Waals surface area contributed by atoms with Crippen molar-refractivity contribution in [3.8, 4) is 0 Å². The number of hydrogen-bond acceptors (Lipinski definition) is 2. The van der Waals surface area contributed by atoms with Crippen molar-refractivity contribution in [1.82, 2.24) is 4.73 Å². The summed E-state index contributed by atoms with van der Waals surface area (Å²) in [5.41, 5.74) is 1.45. The molecule has 1 heterocycles. The molecule has 0 saturated carbocycles. The molecule has 0 aromatic carbocycles. The van der Waals surface area contributed by atoms with Crippen LogP contribution in [0, 0.1) is 6.92 Å². The molecule has 0 amide bonds. The third kappa shape index (κ3) is 2.87. The van der Waals surface area contributed by atoms with Crippen LogP contribution in [0.5, 0.6) is 0 Å². The van der Waals surface area contributed by atoms with Crippen molar-refractivity contribution < 1.29 is 5.21 Å². The van der Waals surface area contributed by atoms with E-state index in [1.807, 2.05) is 6.92 Å². The van der Waals surface area contributed by atoms with Crippen molar-refractivity contribution in [1.29, 1.82) is 0 Å². The van der Waals surface area contributed by atoms with E-state index in [9.17, 15) is 10.0 Å². The Balaban J connectivity index is 2.86. The molecule has 3 heteroatoms. The summed E-state index contributed by atoms with van der Waals surface area (Å²) in [6.45, 7) is 6.14. The molecule has 0 aliphatic rings. The number of hydrogen-bond donors (Lipinski definition) is 1. The summed E-state index contributed by atoms with van der Waals surface area (Å²) >= 11 is 0. The number of rotatable bonds is 5. The van der Waals surface area contributed by atoms with Gasteiger partial charge in [-0.2, -0.15) is 4.73 Å². The normalized spacial score (nSPS) is 12.7. The summed E-state index contributed by atoms with van der Waals surface area (Å²) in [5.74, 6) is 0.221. The van der Waals surface area contributed by atoms with Crippen molar-refractivity contribution >= 4 is 0 Å². The molecule has 0 saturated heterocycles. The zero-order valence-electron chi connectivity index (χ0n) is 10.4. The molecule has 1 rings (SSSR count). The number of aromatic nitrogens is 1. The van der Waals surface area contributed by atoms with E-state index in [4.69, 9.17) is 0 Å². The Morgan fingerprint density at radius 1 is 1.44 bits per heavy atom. The van der Waals surface area contributed by atoms with E-state index in [1.54, 1.807) is 6.07 Å². The molecule has 16 heavy (non-hydrogen) atoms. The van der Waals surface area contributed by atoms with E-state index >= 15 is 0 Å². The number of unbranched alkanes of at least 4 members (excludes halogenated alkanes) is 2. The Kier molecular flexibility index (Phi) is 4.59. The van der Waals surface area contributed by atoms with Gasteiger partial charge in [-0.3, -0.25) is 4.79 Å². The quantitative estimate of drug-likeness (QED) is 0.615. The fraction of sp³-hybridized carbons (Fsp3) is 0.615. The van der Waals surface area contributed by atoms with Gasteiger partial charge in [0, 0.05) is 11.8 Å². The lowest BCUT2D eigenvalue weighted by Crippen LogP contribution is -2.24. The summed E-state index contributed by atoms with van der Waals surface area (Å²) < 4.78 is 0.679. The summed E-state index contributed by atoms with van der Waals surface area (Å²) in [5, 5.41) is 9.35. The predicted octanol–water partition coefficient (Wildman–Crippen LogP) is 3.08. The second-order valence-electron chi connectivity index (χ2n) is 4.46. The molecular weight excluding hydrogens is 202 g/mol. The number of nitrogens with zero attached hydrogens (tertiary/aromatic N) is 1. The van der Waals surface area contributed by atoms with Gasteiger partial charge in [-0.25, -0.2) is 0 Å². The largest absolute Gasteiger partial charge is 0.425 e. The fourth-order valence-electron chi connectivity index (χ4n) is 2.08. The van der Waals surface area contributed by atoms with Gasteiger partial charge < -0.3 is 5.21 Å². The first-order chi connectivity index (χ1) is 7.57. The molecule has 90 valence electrons. The van der Waals surface area contributed by atoms with Crippen LogP contribution < -0.4 is 5.56 Å². The highest BCUT2D eigenvalue weighted by atomic mass is 16.5. The van der Waals surface area contributed by atoms with E-state index in [1.165, 1.54) is 19.0 Å². The van der Waals surface area contributed by atoms with Gasteiger partial charge in [-0.1, -0.05) is 33.1 Å². The second-order valence-corrected chi connectivity index (χ2v) is 4.46. The highest BCUT2D eigenvalue weighted by molar-refractivity contribution is 5.25. The van der Waals surface area contributed by atoms with Gasteiger partial charge in [0.2, 0.25) is 0 Å². The molecule has 1 N–H and O–H groups in total. The lowest BCUT2D eigenvalue weighted by atomic mass is 9.93. The van der Waals surface area contributed by atoms with E-state index in [-0.39, 0.29) is 11.5 Å². The Hall–Kier alpha value is -1.25. The van der Waals surface area contributed by atoms with E-state index < -0.39 is 0 Å². The van der Waals surface area contributed by atoms with E-state index in [0.717, 1.165) is 24.0 Å². The first-order valence-corrected chi connectivity index (χ1v) is 5.99. The average Bonchev–Trinajstić information content (AvgIpc) is 2.24. The minimum absolute atomic E-state index is 0.221. The van der Waals surface area contributed by atoms with Crippen LogP contribution in [0.25, 0.3) is 0 Å². The molecule has 0 spiro atoms. The summed E-state index contributed by atoms with van der Waals surface area (Å²) in [6, 6.07) is 1.78. The molecular formula is C13H21NO2. The van der Waals surface area contributed by atoms with E-state index in [2.05, 4.69) is 13.8 Å². The Bertz CT molecular complexity index is 395. The zero-order valence-corrected chi connectivity index (χ0v) is 10.4. The minimum Gasteiger partial charge on any atom is -0.425 e. The lowest BCUT2D eigenvalue weighted by molar-refractivity contribution is 0.173. The van der Waals surface area contributed by atoms with Gasteiger partial charge in [0.05, 0.1) is 0 Å². The smallest absolute Gasteiger partial charge is 0.286 e. The van der Waals surface area contributed by atoms with Gasteiger partial charge in [-0.15, -0.1) is 0 Å². The van der Waals surface area contributed by atoms with Gasteiger partial charge in [0.15, 0.2) is 0 Å². The van der Waals surface area contributed by atoms with Gasteiger partial charge in [0.25, 0.3) is 5.56 Å². The van der Waals surface area contributed by atoms with Gasteiger partial charge in [0.1, 0.15) is 0 Å². The van der Waals surface area contributed by atoms with Crippen LogP contribution in [0.2, 0.25) is 0 Å². The Morgan fingerprint density at radius 3 is 2.75 bits per heavy atom. The van der Waals surface area contributed by atoms with Crippen molar-refractivity contribution in [3.05, 3.63) is 33.7 Å². The summed E-state index contributed by atoms with van der Waals surface area (Å²) in [6.07, 6.45) is 5.93. The summed E-state index contributed by atoms with van der Waals surface area (Å²) in [7, 11) is 0. The van der Waals surface area contributed by atoms with Crippen LogP contribution >= 0.6 is 0 Å². The Labute approximate surface area is 96.7 Å². The second kappa shape index (κ2) is 5.73. The summed E-state index contributed by atoms with van der Waals surface area (Å²) in [4.78, 5) is 11.8. The molecule has 0 fully saturated rings. The van der Waals surface area contributed by atoms with Crippen LogP contribution in [0.1, 0.15) is 56.6 Å². The standard InChI is InChI=1S/C13H21NO2/c1-4-5-6-7-10(2)12-11(3)8-9-14(16)13(12)15/h8-10,16H,4-7H2,1-3H3. The van der Waals surface area contributed by atoms with Crippen molar-refractivity contribution in [2.24, 2.45) is 0 Å². The maximum absolute atomic E-state index is 11.8. The predicted molar refractivity (Wildman–Crippen MR) is 65.2 cm³/mol. The molecule has 1 atom stereocenters.